The third-order valence-electron chi connectivity index (χ3n) is 4.57. The van der Waals surface area contributed by atoms with Crippen LogP contribution in [0.2, 0.25) is 0 Å². The Labute approximate surface area is 154 Å². The minimum atomic E-state index is -0.873. The molecule has 3 heterocycles. The molecular weight excluding hydrogens is 356 g/mol. The van der Waals surface area contributed by atoms with Crippen LogP contribution in [0.3, 0.4) is 0 Å². The van der Waals surface area contributed by atoms with Gasteiger partial charge in [0.25, 0.3) is 11.5 Å². The van der Waals surface area contributed by atoms with Crippen LogP contribution in [0.1, 0.15) is 33.9 Å². The van der Waals surface area contributed by atoms with E-state index in [1.54, 1.807) is 11.8 Å². The van der Waals surface area contributed by atoms with Gasteiger partial charge in [-0.15, -0.1) is 11.3 Å². The average Bonchev–Trinajstić information content (AvgIpc) is 2.90. The SMILES string of the molecule is Cc1c(C(=O)N2CCCC(C(=O)O)C2)sc2nc(CN(C)C)[nH]c(=O)c12. The Balaban J connectivity index is 1.96. The highest BCUT2D eigenvalue weighted by Gasteiger charge is 2.30. The Kier molecular flexibility index (Phi) is 5.10. The third-order valence-corrected chi connectivity index (χ3v) is 5.74. The number of carboxylic acids is 1. The molecule has 1 unspecified atom stereocenters. The van der Waals surface area contributed by atoms with Crippen molar-refractivity contribution >= 4 is 33.4 Å². The first-order chi connectivity index (χ1) is 12.3. The number of hydrogen-bond acceptors (Lipinski definition) is 6. The van der Waals surface area contributed by atoms with Gasteiger partial charge in [0.1, 0.15) is 10.7 Å². The summed E-state index contributed by atoms with van der Waals surface area (Å²) >= 11 is 1.20. The highest BCUT2D eigenvalue weighted by atomic mass is 32.1. The molecule has 2 aromatic heterocycles. The number of carbonyl (C=O) groups is 2. The first-order valence-electron chi connectivity index (χ1n) is 8.47. The van der Waals surface area contributed by atoms with Gasteiger partial charge in [0.05, 0.1) is 22.7 Å². The molecule has 1 aliphatic rings. The van der Waals surface area contributed by atoms with E-state index in [1.807, 2.05) is 19.0 Å². The number of thiophene rings is 1. The number of carbonyl (C=O) groups excluding carboxylic acids is 1. The van der Waals surface area contributed by atoms with Crippen molar-refractivity contribution < 1.29 is 14.7 Å². The number of hydrogen-bond donors (Lipinski definition) is 2. The van der Waals surface area contributed by atoms with Crippen molar-refractivity contribution in [1.82, 2.24) is 19.8 Å². The molecule has 26 heavy (non-hydrogen) atoms. The summed E-state index contributed by atoms with van der Waals surface area (Å²) in [5.74, 6) is -1.07. The van der Waals surface area contributed by atoms with E-state index in [-0.39, 0.29) is 18.0 Å². The number of carboxylic acid groups (broad SMARTS) is 1. The highest BCUT2D eigenvalue weighted by Crippen LogP contribution is 2.29. The van der Waals surface area contributed by atoms with Gasteiger partial charge in [0, 0.05) is 13.1 Å². The summed E-state index contributed by atoms with van der Waals surface area (Å²) in [6.07, 6.45) is 1.25. The lowest BCUT2D eigenvalue weighted by molar-refractivity contribution is -0.143. The Hall–Kier alpha value is -2.26. The molecule has 2 N–H and O–H groups in total. The quantitative estimate of drug-likeness (QED) is 0.830. The summed E-state index contributed by atoms with van der Waals surface area (Å²) in [4.78, 5) is 48.4. The zero-order chi connectivity index (χ0) is 19.0. The second-order valence-electron chi connectivity index (χ2n) is 6.92. The molecule has 2 aromatic rings. The number of aromatic amines is 1. The van der Waals surface area contributed by atoms with Crippen LogP contribution in [0.15, 0.2) is 4.79 Å². The van der Waals surface area contributed by atoms with Crippen molar-refractivity contribution in [1.29, 1.82) is 0 Å². The number of nitrogens with one attached hydrogen (secondary N) is 1. The maximum Gasteiger partial charge on any atom is 0.308 e. The van der Waals surface area contributed by atoms with Gasteiger partial charge in [0.15, 0.2) is 0 Å². The predicted molar refractivity (Wildman–Crippen MR) is 98.6 cm³/mol. The highest BCUT2D eigenvalue weighted by molar-refractivity contribution is 7.20. The fraction of sp³-hybridized carbons (Fsp3) is 0.529. The smallest absolute Gasteiger partial charge is 0.308 e. The largest absolute Gasteiger partial charge is 0.481 e. The van der Waals surface area contributed by atoms with Crippen molar-refractivity contribution in [3.05, 3.63) is 26.6 Å². The topological polar surface area (TPSA) is 107 Å². The zero-order valence-corrected chi connectivity index (χ0v) is 15.9. The Bertz CT molecular complexity index is 917. The van der Waals surface area contributed by atoms with Gasteiger partial charge in [-0.25, -0.2) is 4.98 Å². The number of amides is 1. The first-order valence-corrected chi connectivity index (χ1v) is 9.28. The minimum absolute atomic E-state index is 0.206. The summed E-state index contributed by atoms with van der Waals surface area (Å²) < 4.78 is 0. The molecule has 0 bridgehead atoms. The van der Waals surface area contributed by atoms with Crippen molar-refractivity contribution in [2.45, 2.75) is 26.3 Å². The number of fused-ring (bicyclic) bond motifs is 1. The average molecular weight is 378 g/mol. The first kappa shape index (κ1) is 18.5. The van der Waals surface area contributed by atoms with Crippen LogP contribution in [-0.4, -0.2) is 63.9 Å². The maximum atomic E-state index is 12.9. The summed E-state index contributed by atoms with van der Waals surface area (Å²) in [6.45, 7) is 2.98. The van der Waals surface area contributed by atoms with Crippen LogP contribution >= 0.6 is 11.3 Å². The molecule has 0 aliphatic carbocycles. The number of H-pyrrole nitrogens is 1. The van der Waals surface area contributed by atoms with Crippen molar-refractivity contribution in [2.75, 3.05) is 27.2 Å². The monoisotopic (exact) mass is 378 g/mol. The van der Waals surface area contributed by atoms with Crippen LogP contribution in [0.4, 0.5) is 0 Å². The second kappa shape index (κ2) is 7.16. The van der Waals surface area contributed by atoms with Crippen LogP contribution in [-0.2, 0) is 11.3 Å². The fourth-order valence-electron chi connectivity index (χ4n) is 3.27. The normalized spacial score (nSPS) is 17.8. The van der Waals surface area contributed by atoms with E-state index in [4.69, 9.17) is 0 Å². The van der Waals surface area contributed by atoms with Crippen LogP contribution < -0.4 is 5.56 Å². The Morgan fingerprint density at radius 1 is 1.42 bits per heavy atom. The standard InChI is InChI=1S/C17H22N4O4S/c1-9-12-14(22)18-11(8-20(2)3)19-15(12)26-13(9)16(23)21-6-4-5-10(7-21)17(24)25/h10H,4-8H2,1-3H3,(H,24,25)(H,18,19,22). The van der Waals surface area contributed by atoms with Gasteiger partial charge >= 0.3 is 5.97 Å². The second-order valence-corrected chi connectivity index (χ2v) is 7.91. The molecule has 0 spiro atoms. The van der Waals surface area contributed by atoms with E-state index in [9.17, 15) is 19.5 Å². The number of piperidine rings is 1. The maximum absolute atomic E-state index is 12.9. The molecule has 0 aromatic carbocycles. The van der Waals surface area contributed by atoms with Gasteiger partial charge in [-0.2, -0.15) is 0 Å². The number of aromatic nitrogens is 2. The number of likely N-dealkylation sites (tertiary alicyclic amines) is 1. The number of aliphatic carboxylic acids is 1. The van der Waals surface area contributed by atoms with Gasteiger partial charge in [-0.1, -0.05) is 0 Å². The number of nitrogens with zero attached hydrogens (tertiary/aromatic N) is 3. The van der Waals surface area contributed by atoms with E-state index >= 15 is 0 Å². The van der Waals surface area contributed by atoms with E-state index in [2.05, 4.69) is 9.97 Å². The van der Waals surface area contributed by atoms with Gasteiger partial charge < -0.3 is 19.9 Å². The Morgan fingerprint density at radius 2 is 2.15 bits per heavy atom. The van der Waals surface area contributed by atoms with Crippen molar-refractivity contribution in [3.8, 4) is 0 Å². The lowest BCUT2D eigenvalue weighted by atomic mass is 9.98. The number of aryl methyl sites for hydroxylation is 1. The molecule has 0 saturated carbocycles. The van der Waals surface area contributed by atoms with Gasteiger partial charge in [-0.3, -0.25) is 14.4 Å². The van der Waals surface area contributed by atoms with Crippen molar-refractivity contribution in [2.24, 2.45) is 5.92 Å². The Morgan fingerprint density at radius 3 is 2.81 bits per heavy atom. The molecule has 3 rings (SSSR count). The molecule has 8 nitrogen and oxygen atoms in total. The van der Waals surface area contributed by atoms with Crippen LogP contribution in [0, 0.1) is 12.8 Å². The predicted octanol–water partition coefficient (Wildman–Crippen LogP) is 1.29. The molecule has 1 amide bonds. The van der Waals surface area contributed by atoms with E-state index < -0.39 is 11.9 Å². The molecule has 1 fully saturated rings. The summed E-state index contributed by atoms with van der Waals surface area (Å²) in [7, 11) is 3.77. The van der Waals surface area contributed by atoms with Crippen LogP contribution in [0.5, 0.6) is 0 Å². The molecule has 0 radical (unpaired) electrons. The van der Waals surface area contributed by atoms with E-state index in [0.29, 0.717) is 52.4 Å². The van der Waals surface area contributed by atoms with Gasteiger partial charge in [-0.05, 0) is 39.4 Å². The fourth-order valence-corrected chi connectivity index (χ4v) is 4.44. The summed E-state index contributed by atoms with van der Waals surface area (Å²) in [5, 5.41) is 9.66. The van der Waals surface area contributed by atoms with Crippen molar-refractivity contribution in [3.63, 3.8) is 0 Å². The lowest BCUT2D eigenvalue weighted by Crippen LogP contribution is -2.42. The molecule has 140 valence electrons. The van der Waals surface area contributed by atoms with Crippen LogP contribution in [0.25, 0.3) is 10.2 Å². The molecule has 9 heteroatoms. The molecule has 1 saturated heterocycles. The van der Waals surface area contributed by atoms with E-state index in [0.717, 1.165) is 0 Å². The zero-order valence-electron chi connectivity index (χ0n) is 15.0. The van der Waals surface area contributed by atoms with Gasteiger partial charge in [0.2, 0.25) is 0 Å². The van der Waals surface area contributed by atoms with E-state index in [1.165, 1.54) is 11.3 Å². The minimum Gasteiger partial charge on any atom is -0.481 e. The number of rotatable bonds is 4. The lowest BCUT2D eigenvalue weighted by Gasteiger charge is -2.30. The third kappa shape index (κ3) is 3.49. The molecular formula is C17H22N4O4S. The summed E-state index contributed by atoms with van der Waals surface area (Å²) in [5.41, 5.74) is 0.360. The molecule has 1 atom stereocenters. The summed E-state index contributed by atoms with van der Waals surface area (Å²) in [6, 6.07) is 0. The molecule has 1 aliphatic heterocycles.